The number of hydrogen-bond acceptors (Lipinski definition) is 3. The Morgan fingerprint density at radius 3 is 2.68 bits per heavy atom. The van der Waals surface area contributed by atoms with Crippen molar-refractivity contribution in [2.24, 2.45) is 0 Å². The van der Waals surface area contributed by atoms with Crippen molar-refractivity contribution in [2.45, 2.75) is 25.8 Å². The van der Waals surface area contributed by atoms with Crippen LogP contribution < -0.4 is 15.0 Å². The lowest BCUT2D eigenvalue weighted by Gasteiger charge is -2.29. The maximum absolute atomic E-state index is 12.2. The van der Waals surface area contributed by atoms with Gasteiger partial charge in [-0.15, -0.1) is 0 Å². The summed E-state index contributed by atoms with van der Waals surface area (Å²) in [6.07, 6.45) is 0.984. The van der Waals surface area contributed by atoms with Gasteiger partial charge in [0.2, 0.25) is 5.91 Å². The first-order valence-electron chi connectivity index (χ1n) is 8.51. The van der Waals surface area contributed by atoms with Crippen LogP contribution in [0.25, 0.3) is 0 Å². The predicted molar refractivity (Wildman–Crippen MR) is 96.5 cm³/mol. The highest BCUT2D eigenvalue weighted by atomic mass is 16.5. The molecule has 0 fully saturated rings. The number of anilines is 1. The Labute approximate surface area is 147 Å². The molecule has 0 saturated heterocycles. The first kappa shape index (κ1) is 17.0. The van der Waals surface area contributed by atoms with Crippen LogP contribution in [0.2, 0.25) is 0 Å². The molecule has 0 aliphatic carbocycles. The van der Waals surface area contributed by atoms with Crippen LogP contribution in [0.4, 0.5) is 5.69 Å². The van der Waals surface area contributed by atoms with Crippen LogP contribution in [0.15, 0.2) is 54.6 Å². The number of para-hydroxylation sites is 2. The van der Waals surface area contributed by atoms with E-state index in [-0.39, 0.29) is 24.5 Å². The molecule has 1 atom stereocenters. The van der Waals surface area contributed by atoms with Crippen LogP contribution in [0, 0.1) is 0 Å². The van der Waals surface area contributed by atoms with E-state index >= 15 is 0 Å². The first-order valence-corrected chi connectivity index (χ1v) is 8.51. The molecule has 5 heteroatoms. The van der Waals surface area contributed by atoms with E-state index in [0.29, 0.717) is 25.1 Å². The minimum Gasteiger partial charge on any atom is -0.482 e. The Kier molecular flexibility index (Phi) is 5.33. The van der Waals surface area contributed by atoms with Crippen LogP contribution in [0.5, 0.6) is 5.75 Å². The molecule has 0 aromatic heterocycles. The summed E-state index contributed by atoms with van der Waals surface area (Å²) in [4.78, 5) is 26.0. The summed E-state index contributed by atoms with van der Waals surface area (Å²) in [5, 5.41) is 3.00. The maximum Gasteiger partial charge on any atom is 0.265 e. The molecule has 0 spiro atoms. The zero-order chi connectivity index (χ0) is 17.6. The van der Waals surface area contributed by atoms with Crippen LogP contribution in [-0.4, -0.2) is 25.0 Å². The van der Waals surface area contributed by atoms with Gasteiger partial charge in [-0.1, -0.05) is 42.5 Å². The van der Waals surface area contributed by atoms with E-state index in [1.54, 1.807) is 4.90 Å². The SMILES string of the molecule is CC(NC(=O)CCCN1C(=O)COc2ccccc21)c1ccccc1. The fourth-order valence-corrected chi connectivity index (χ4v) is 2.94. The van der Waals surface area contributed by atoms with Crippen molar-refractivity contribution in [1.29, 1.82) is 0 Å². The molecule has 0 saturated carbocycles. The van der Waals surface area contributed by atoms with Gasteiger partial charge in [-0.3, -0.25) is 9.59 Å². The third-order valence-electron chi connectivity index (χ3n) is 4.27. The fraction of sp³-hybridized carbons (Fsp3) is 0.300. The molecule has 25 heavy (non-hydrogen) atoms. The Bertz CT molecular complexity index is 746. The largest absolute Gasteiger partial charge is 0.482 e. The monoisotopic (exact) mass is 338 g/mol. The highest BCUT2D eigenvalue weighted by Crippen LogP contribution is 2.31. The molecular weight excluding hydrogens is 316 g/mol. The molecule has 0 radical (unpaired) electrons. The number of amides is 2. The van der Waals surface area contributed by atoms with Gasteiger partial charge in [0.1, 0.15) is 5.75 Å². The van der Waals surface area contributed by atoms with E-state index in [4.69, 9.17) is 4.74 Å². The van der Waals surface area contributed by atoms with Gasteiger partial charge in [0.05, 0.1) is 11.7 Å². The van der Waals surface area contributed by atoms with Crippen LogP contribution in [0.3, 0.4) is 0 Å². The number of nitrogens with zero attached hydrogens (tertiary/aromatic N) is 1. The Balaban J connectivity index is 1.51. The molecule has 1 aliphatic rings. The number of ether oxygens (including phenoxy) is 1. The summed E-state index contributed by atoms with van der Waals surface area (Å²) in [5.41, 5.74) is 1.85. The van der Waals surface area contributed by atoms with Gasteiger partial charge >= 0.3 is 0 Å². The summed E-state index contributed by atoms with van der Waals surface area (Å²) in [7, 11) is 0. The molecule has 1 N–H and O–H groups in total. The number of rotatable bonds is 6. The van der Waals surface area contributed by atoms with Crippen molar-refractivity contribution >= 4 is 17.5 Å². The number of carbonyl (C=O) groups excluding carboxylic acids is 2. The Hall–Kier alpha value is -2.82. The van der Waals surface area contributed by atoms with Crippen molar-refractivity contribution in [3.63, 3.8) is 0 Å². The molecule has 1 unspecified atom stereocenters. The maximum atomic E-state index is 12.2. The van der Waals surface area contributed by atoms with Gasteiger partial charge < -0.3 is 15.0 Å². The molecule has 1 heterocycles. The average molecular weight is 338 g/mol. The van der Waals surface area contributed by atoms with E-state index in [2.05, 4.69) is 5.32 Å². The van der Waals surface area contributed by atoms with E-state index < -0.39 is 0 Å². The van der Waals surface area contributed by atoms with Crippen molar-refractivity contribution in [3.05, 3.63) is 60.2 Å². The molecule has 1 aliphatic heterocycles. The predicted octanol–water partition coefficient (Wildman–Crippen LogP) is 3.07. The molecule has 0 bridgehead atoms. The average Bonchev–Trinajstić information content (AvgIpc) is 2.64. The smallest absolute Gasteiger partial charge is 0.265 e. The molecule has 3 rings (SSSR count). The standard InChI is InChI=1S/C20H22N2O3/c1-15(16-8-3-2-4-9-16)21-19(23)12-7-13-22-17-10-5-6-11-18(17)25-14-20(22)24/h2-6,8-11,15H,7,12-14H2,1H3,(H,21,23). The number of benzene rings is 2. The van der Waals surface area contributed by atoms with Crippen molar-refractivity contribution in [2.75, 3.05) is 18.1 Å². The quantitative estimate of drug-likeness (QED) is 0.881. The van der Waals surface area contributed by atoms with Gasteiger partial charge in [0, 0.05) is 13.0 Å². The van der Waals surface area contributed by atoms with Crippen molar-refractivity contribution in [1.82, 2.24) is 5.32 Å². The van der Waals surface area contributed by atoms with E-state index in [1.807, 2.05) is 61.5 Å². The van der Waals surface area contributed by atoms with Gasteiger partial charge in [-0.05, 0) is 31.0 Å². The zero-order valence-electron chi connectivity index (χ0n) is 14.3. The number of nitrogens with one attached hydrogen (secondary N) is 1. The molecule has 5 nitrogen and oxygen atoms in total. The molecule has 2 aromatic carbocycles. The number of hydrogen-bond donors (Lipinski definition) is 1. The highest BCUT2D eigenvalue weighted by molar-refractivity contribution is 5.97. The van der Waals surface area contributed by atoms with Crippen LogP contribution >= 0.6 is 0 Å². The summed E-state index contributed by atoms with van der Waals surface area (Å²) in [6, 6.07) is 17.3. The molecule has 130 valence electrons. The second-order valence-corrected chi connectivity index (χ2v) is 6.11. The third-order valence-corrected chi connectivity index (χ3v) is 4.27. The third kappa shape index (κ3) is 4.18. The summed E-state index contributed by atoms with van der Waals surface area (Å²) in [6.45, 7) is 2.52. The van der Waals surface area contributed by atoms with Crippen molar-refractivity contribution in [3.8, 4) is 5.75 Å². The number of fused-ring (bicyclic) bond motifs is 1. The minimum atomic E-state index is -0.0724. The van der Waals surface area contributed by atoms with Gasteiger partial charge in [-0.25, -0.2) is 0 Å². The van der Waals surface area contributed by atoms with Gasteiger partial charge in [0.15, 0.2) is 6.61 Å². The first-order chi connectivity index (χ1) is 12.1. The van der Waals surface area contributed by atoms with Crippen molar-refractivity contribution < 1.29 is 14.3 Å². The molecule has 2 aromatic rings. The second-order valence-electron chi connectivity index (χ2n) is 6.11. The van der Waals surface area contributed by atoms with Crippen LogP contribution in [-0.2, 0) is 9.59 Å². The highest BCUT2D eigenvalue weighted by Gasteiger charge is 2.24. The van der Waals surface area contributed by atoms with Gasteiger partial charge in [-0.2, -0.15) is 0 Å². The summed E-state index contributed by atoms with van der Waals surface area (Å²) >= 11 is 0. The Morgan fingerprint density at radius 2 is 1.88 bits per heavy atom. The lowest BCUT2D eigenvalue weighted by atomic mass is 10.1. The topological polar surface area (TPSA) is 58.6 Å². The van der Waals surface area contributed by atoms with E-state index in [9.17, 15) is 9.59 Å². The van der Waals surface area contributed by atoms with Gasteiger partial charge in [0.25, 0.3) is 5.91 Å². The normalized spacial score (nSPS) is 14.4. The van der Waals surface area contributed by atoms with Crippen LogP contribution in [0.1, 0.15) is 31.4 Å². The zero-order valence-corrected chi connectivity index (χ0v) is 14.3. The van der Waals surface area contributed by atoms with E-state index in [1.165, 1.54) is 0 Å². The summed E-state index contributed by atoms with van der Waals surface area (Å²) < 4.78 is 5.42. The molecular formula is C20H22N2O3. The lowest BCUT2D eigenvalue weighted by molar-refractivity contribution is -0.123. The van der Waals surface area contributed by atoms with E-state index in [0.717, 1.165) is 11.3 Å². The Morgan fingerprint density at radius 1 is 1.16 bits per heavy atom. The summed E-state index contributed by atoms with van der Waals surface area (Å²) in [5.74, 6) is 0.631. The number of carbonyl (C=O) groups is 2. The molecule has 2 amide bonds. The second kappa shape index (κ2) is 7.83. The fourth-order valence-electron chi connectivity index (χ4n) is 2.94. The lowest BCUT2D eigenvalue weighted by Crippen LogP contribution is -2.39. The minimum absolute atomic E-state index is 0.00894.